The van der Waals surface area contributed by atoms with Crippen LogP contribution in [0.3, 0.4) is 0 Å². The molecule has 0 spiro atoms. The van der Waals surface area contributed by atoms with E-state index in [-0.39, 0.29) is 11.6 Å². The van der Waals surface area contributed by atoms with Crippen LogP contribution in [0, 0.1) is 6.92 Å². The van der Waals surface area contributed by atoms with Crippen molar-refractivity contribution >= 4 is 16.9 Å². The van der Waals surface area contributed by atoms with E-state index < -0.39 is 0 Å². The van der Waals surface area contributed by atoms with E-state index in [4.69, 9.17) is 4.99 Å². The maximum Gasteiger partial charge on any atom is 0.157 e. The van der Waals surface area contributed by atoms with Crippen LogP contribution in [0.15, 0.2) is 29.3 Å². The number of aryl methyl sites for hydroxylation is 1. The lowest BCUT2D eigenvalue weighted by Crippen LogP contribution is -2.42. The van der Waals surface area contributed by atoms with Crippen LogP contribution in [0.4, 0.5) is 0 Å². The van der Waals surface area contributed by atoms with Gasteiger partial charge in [0.25, 0.3) is 0 Å². The molecule has 0 amide bonds. The van der Waals surface area contributed by atoms with E-state index in [9.17, 15) is 0 Å². The van der Waals surface area contributed by atoms with Crippen LogP contribution >= 0.6 is 11.8 Å². The van der Waals surface area contributed by atoms with Crippen molar-refractivity contribution in [2.45, 2.75) is 52.1 Å². The van der Waals surface area contributed by atoms with Gasteiger partial charge in [-0.1, -0.05) is 55.4 Å². The molecule has 1 N–H and O–H groups in total. The molecule has 1 fully saturated rings. The minimum Gasteiger partial charge on any atom is -0.359 e. The first-order chi connectivity index (χ1) is 9.08. The Hall–Kier alpha value is -0.960. The Bertz CT molecular complexity index is 446. The van der Waals surface area contributed by atoms with Crippen molar-refractivity contribution < 1.29 is 0 Å². The van der Waals surface area contributed by atoms with E-state index >= 15 is 0 Å². The van der Waals surface area contributed by atoms with Crippen molar-refractivity contribution in [3.8, 4) is 0 Å². The molecule has 0 saturated carbocycles. The molecule has 104 valence electrons. The summed E-state index contributed by atoms with van der Waals surface area (Å²) in [6.07, 6.45) is 2.32. The van der Waals surface area contributed by atoms with Gasteiger partial charge < -0.3 is 5.32 Å². The molecule has 1 unspecified atom stereocenters. The molecule has 1 heterocycles. The van der Waals surface area contributed by atoms with Gasteiger partial charge in [0.2, 0.25) is 0 Å². The molecule has 0 aliphatic carbocycles. The Morgan fingerprint density at radius 2 is 1.89 bits per heavy atom. The summed E-state index contributed by atoms with van der Waals surface area (Å²) in [5.74, 6) is 1.14. The summed E-state index contributed by atoms with van der Waals surface area (Å²) in [5, 5.41) is 4.74. The highest BCUT2D eigenvalue weighted by Crippen LogP contribution is 2.30. The molecule has 0 bridgehead atoms. The molecule has 1 aromatic rings. The van der Waals surface area contributed by atoms with E-state index in [1.807, 2.05) is 11.8 Å². The number of nitrogens with one attached hydrogen (secondary N) is 1. The van der Waals surface area contributed by atoms with E-state index in [1.165, 1.54) is 11.1 Å². The zero-order valence-corrected chi connectivity index (χ0v) is 13.2. The maximum atomic E-state index is 4.84. The van der Waals surface area contributed by atoms with E-state index in [0.29, 0.717) is 0 Å². The van der Waals surface area contributed by atoms with Gasteiger partial charge in [0.15, 0.2) is 5.17 Å². The minimum absolute atomic E-state index is 0.222. The van der Waals surface area contributed by atoms with E-state index in [1.54, 1.807) is 0 Å². The monoisotopic (exact) mass is 276 g/mol. The zero-order chi connectivity index (χ0) is 13.9. The van der Waals surface area contributed by atoms with Gasteiger partial charge in [0.05, 0.1) is 6.04 Å². The second-order valence-corrected chi connectivity index (χ2v) is 6.39. The van der Waals surface area contributed by atoms with Crippen molar-refractivity contribution in [1.82, 2.24) is 5.32 Å². The third-order valence-corrected chi connectivity index (χ3v) is 5.26. The van der Waals surface area contributed by atoms with Crippen LogP contribution in [0.1, 0.15) is 50.8 Å². The summed E-state index contributed by atoms with van der Waals surface area (Å²) in [6, 6.07) is 8.89. The van der Waals surface area contributed by atoms with Crippen molar-refractivity contribution in [2.75, 3.05) is 5.75 Å². The number of benzene rings is 1. The molecule has 2 nitrogen and oxygen atoms in total. The first-order valence-electron chi connectivity index (χ1n) is 7.14. The quantitative estimate of drug-likeness (QED) is 0.886. The maximum absolute atomic E-state index is 4.84. The lowest BCUT2D eigenvalue weighted by Gasteiger charge is -2.25. The van der Waals surface area contributed by atoms with Crippen molar-refractivity contribution in [3.63, 3.8) is 0 Å². The van der Waals surface area contributed by atoms with Crippen LogP contribution in [0.5, 0.6) is 0 Å². The topological polar surface area (TPSA) is 24.4 Å². The Kier molecular flexibility index (Phi) is 4.56. The van der Waals surface area contributed by atoms with Gasteiger partial charge in [0, 0.05) is 11.3 Å². The zero-order valence-electron chi connectivity index (χ0n) is 12.4. The van der Waals surface area contributed by atoms with Crippen molar-refractivity contribution in [1.29, 1.82) is 0 Å². The van der Waals surface area contributed by atoms with Crippen LogP contribution < -0.4 is 5.32 Å². The molecule has 1 aliphatic heterocycles. The molecule has 1 aromatic carbocycles. The average molecular weight is 276 g/mol. The Morgan fingerprint density at radius 1 is 1.26 bits per heavy atom. The molecule has 19 heavy (non-hydrogen) atoms. The van der Waals surface area contributed by atoms with Crippen molar-refractivity contribution in [2.24, 2.45) is 4.99 Å². The van der Waals surface area contributed by atoms with Crippen LogP contribution in [-0.4, -0.2) is 16.5 Å². The number of amidine groups is 1. The van der Waals surface area contributed by atoms with Crippen molar-refractivity contribution in [3.05, 3.63) is 35.4 Å². The number of nitrogens with zero attached hydrogens (tertiary/aromatic N) is 1. The summed E-state index contributed by atoms with van der Waals surface area (Å²) < 4.78 is 0. The number of thioether (sulfide) groups is 1. The highest BCUT2D eigenvalue weighted by molar-refractivity contribution is 8.14. The molecule has 0 aromatic heterocycles. The summed E-state index contributed by atoms with van der Waals surface area (Å²) >= 11 is 1.86. The lowest BCUT2D eigenvalue weighted by atomic mass is 9.96. The molecule has 1 saturated heterocycles. The normalized spacial score (nSPS) is 21.4. The third kappa shape index (κ3) is 3.33. The SMILES string of the molecule is CCC1(CC)CSC(=NC(C)c2ccc(C)cc2)N1. The third-order valence-electron chi connectivity index (χ3n) is 4.08. The van der Waals surface area contributed by atoms with Gasteiger partial charge in [-0.3, -0.25) is 4.99 Å². The molecular formula is C16H24N2S. The van der Waals surface area contributed by atoms with Gasteiger partial charge >= 0.3 is 0 Å². The molecular weight excluding hydrogens is 252 g/mol. The molecule has 2 rings (SSSR count). The highest BCUT2D eigenvalue weighted by atomic mass is 32.2. The molecule has 3 heteroatoms. The largest absolute Gasteiger partial charge is 0.359 e. The fraction of sp³-hybridized carbons (Fsp3) is 0.562. The summed E-state index contributed by atoms with van der Waals surface area (Å²) in [4.78, 5) is 4.84. The van der Waals surface area contributed by atoms with Crippen LogP contribution in [-0.2, 0) is 0 Å². The summed E-state index contributed by atoms with van der Waals surface area (Å²) in [7, 11) is 0. The van der Waals surface area contributed by atoms with Gasteiger partial charge in [-0.25, -0.2) is 0 Å². The fourth-order valence-corrected chi connectivity index (χ4v) is 3.72. The Labute approximate surface area is 121 Å². The van der Waals surface area contributed by atoms with E-state index in [2.05, 4.69) is 57.3 Å². The van der Waals surface area contributed by atoms with E-state index in [0.717, 1.165) is 23.8 Å². The minimum atomic E-state index is 0.222. The van der Waals surface area contributed by atoms with Crippen LogP contribution in [0.2, 0.25) is 0 Å². The molecule has 0 radical (unpaired) electrons. The smallest absolute Gasteiger partial charge is 0.157 e. The predicted octanol–water partition coefficient (Wildman–Crippen LogP) is 4.31. The Balaban J connectivity index is 2.08. The van der Waals surface area contributed by atoms with Gasteiger partial charge in [0.1, 0.15) is 0 Å². The lowest BCUT2D eigenvalue weighted by molar-refractivity contribution is 0.407. The average Bonchev–Trinajstić information content (AvgIpc) is 2.83. The van der Waals surface area contributed by atoms with Gasteiger partial charge in [-0.2, -0.15) is 0 Å². The van der Waals surface area contributed by atoms with Gasteiger partial charge in [-0.05, 0) is 32.3 Å². The number of aliphatic imine (C=N–C) groups is 1. The summed E-state index contributed by atoms with van der Waals surface area (Å²) in [6.45, 7) is 8.79. The molecule has 1 atom stereocenters. The van der Waals surface area contributed by atoms with Crippen LogP contribution in [0.25, 0.3) is 0 Å². The Morgan fingerprint density at radius 3 is 2.42 bits per heavy atom. The number of hydrogen-bond donors (Lipinski definition) is 1. The first-order valence-corrected chi connectivity index (χ1v) is 8.12. The van der Waals surface area contributed by atoms with Gasteiger partial charge in [-0.15, -0.1) is 0 Å². The second-order valence-electron chi connectivity index (χ2n) is 5.42. The standard InChI is InChI=1S/C16H24N2S/c1-5-16(6-2)11-19-15(18-16)17-13(4)14-9-7-12(3)8-10-14/h7-10,13H,5-6,11H2,1-4H3,(H,17,18). The predicted molar refractivity (Wildman–Crippen MR) is 85.9 cm³/mol. The fourth-order valence-electron chi connectivity index (χ4n) is 2.30. The highest BCUT2D eigenvalue weighted by Gasteiger charge is 2.33. The summed E-state index contributed by atoms with van der Waals surface area (Å²) in [5.41, 5.74) is 2.84. The first kappa shape index (κ1) is 14.4. The molecule has 1 aliphatic rings. The second kappa shape index (κ2) is 6.00. The number of hydrogen-bond acceptors (Lipinski definition) is 2. The number of rotatable bonds is 4.